The van der Waals surface area contributed by atoms with Crippen molar-refractivity contribution in [2.45, 2.75) is 25.8 Å². The number of rotatable bonds is 6. The summed E-state index contributed by atoms with van der Waals surface area (Å²) in [4.78, 5) is 30.6. The summed E-state index contributed by atoms with van der Waals surface area (Å²) in [5.74, 6) is 0.313. The first-order chi connectivity index (χ1) is 14.1. The number of carbonyl (C=O) groups is 1. The van der Waals surface area contributed by atoms with Gasteiger partial charge in [0.2, 0.25) is 0 Å². The average molecular weight is 407 g/mol. The standard InChI is InChI=1S/C22H21N3O3S/c1-14(8-9-15-6-4-3-5-7-15)24-20(26)17-13-23-22-25(21(17)27)18-11-10-16(28-2)12-19(18)29-22/h3-7,10-14H,8-9H2,1-2H3,(H,24,26)/t14-/m0/s1. The first-order valence-corrected chi connectivity index (χ1v) is 10.2. The van der Waals surface area contributed by atoms with Crippen LogP contribution in [0.15, 0.2) is 59.5 Å². The van der Waals surface area contributed by atoms with Gasteiger partial charge in [0.1, 0.15) is 11.3 Å². The predicted octanol–water partition coefficient (Wildman–Crippen LogP) is 3.67. The Balaban J connectivity index is 1.56. The summed E-state index contributed by atoms with van der Waals surface area (Å²) in [6.45, 7) is 1.94. The van der Waals surface area contributed by atoms with Gasteiger partial charge in [0, 0.05) is 12.2 Å². The predicted molar refractivity (Wildman–Crippen MR) is 115 cm³/mol. The summed E-state index contributed by atoms with van der Waals surface area (Å²) in [6, 6.07) is 15.5. The Morgan fingerprint density at radius 3 is 2.79 bits per heavy atom. The number of thiazole rings is 1. The number of aromatic nitrogens is 2. The molecule has 0 fully saturated rings. The molecule has 0 radical (unpaired) electrons. The summed E-state index contributed by atoms with van der Waals surface area (Å²) in [5.41, 5.74) is 1.62. The molecule has 2 heterocycles. The fourth-order valence-corrected chi connectivity index (χ4v) is 4.28. The van der Waals surface area contributed by atoms with Crippen LogP contribution in [0.25, 0.3) is 15.2 Å². The number of methoxy groups -OCH3 is 1. The van der Waals surface area contributed by atoms with Gasteiger partial charge in [0.05, 0.1) is 17.3 Å². The second-order valence-corrected chi connectivity index (χ2v) is 7.94. The van der Waals surface area contributed by atoms with E-state index in [0.717, 1.165) is 23.1 Å². The molecule has 0 aliphatic carbocycles. The van der Waals surface area contributed by atoms with Crippen molar-refractivity contribution < 1.29 is 9.53 Å². The molecule has 6 nitrogen and oxygen atoms in total. The summed E-state index contributed by atoms with van der Waals surface area (Å²) in [6.07, 6.45) is 3.01. The minimum absolute atomic E-state index is 0.0459. The lowest BCUT2D eigenvalue weighted by molar-refractivity contribution is 0.0936. The number of fused-ring (bicyclic) bond motifs is 3. The van der Waals surface area contributed by atoms with Crippen LogP contribution in [-0.4, -0.2) is 28.4 Å². The van der Waals surface area contributed by atoms with Gasteiger partial charge in [0.25, 0.3) is 11.5 Å². The second kappa shape index (κ2) is 8.05. The Labute approximate surface area is 171 Å². The van der Waals surface area contributed by atoms with Crippen molar-refractivity contribution in [3.63, 3.8) is 0 Å². The number of hydrogen-bond acceptors (Lipinski definition) is 5. The number of carbonyl (C=O) groups excluding carboxylic acids is 1. The molecule has 4 aromatic rings. The lowest BCUT2D eigenvalue weighted by atomic mass is 10.1. The van der Waals surface area contributed by atoms with Crippen LogP contribution in [0.4, 0.5) is 0 Å². The van der Waals surface area contributed by atoms with Crippen LogP contribution in [0.3, 0.4) is 0 Å². The summed E-state index contributed by atoms with van der Waals surface area (Å²) in [7, 11) is 1.60. The smallest absolute Gasteiger partial charge is 0.271 e. The first kappa shape index (κ1) is 19.1. The Morgan fingerprint density at radius 1 is 1.24 bits per heavy atom. The number of ether oxygens (including phenoxy) is 1. The van der Waals surface area contributed by atoms with E-state index in [1.807, 2.05) is 37.3 Å². The van der Waals surface area contributed by atoms with E-state index in [9.17, 15) is 9.59 Å². The average Bonchev–Trinajstić information content (AvgIpc) is 3.11. The van der Waals surface area contributed by atoms with Gasteiger partial charge in [-0.2, -0.15) is 0 Å². The van der Waals surface area contributed by atoms with E-state index in [4.69, 9.17) is 4.74 Å². The van der Waals surface area contributed by atoms with Crippen LogP contribution >= 0.6 is 11.3 Å². The molecule has 1 amide bonds. The lowest BCUT2D eigenvalue weighted by Crippen LogP contribution is -2.37. The summed E-state index contributed by atoms with van der Waals surface area (Å²) in [5, 5.41) is 2.92. The fraction of sp³-hybridized carbons (Fsp3) is 0.227. The molecule has 2 aromatic carbocycles. The van der Waals surface area contributed by atoms with Crippen molar-refractivity contribution in [2.75, 3.05) is 7.11 Å². The van der Waals surface area contributed by atoms with Crippen molar-refractivity contribution in [3.8, 4) is 5.75 Å². The highest BCUT2D eigenvalue weighted by molar-refractivity contribution is 7.23. The van der Waals surface area contributed by atoms with E-state index in [2.05, 4.69) is 22.4 Å². The summed E-state index contributed by atoms with van der Waals surface area (Å²) < 4.78 is 7.61. The molecule has 0 aliphatic heterocycles. The quantitative estimate of drug-likeness (QED) is 0.529. The highest BCUT2D eigenvalue weighted by Crippen LogP contribution is 2.27. The normalized spacial score (nSPS) is 12.2. The molecule has 0 aliphatic rings. The Hall–Kier alpha value is -3.19. The number of nitrogens with one attached hydrogen (secondary N) is 1. The number of hydrogen-bond donors (Lipinski definition) is 1. The highest BCUT2D eigenvalue weighted by Gasteiger charge is 2.18. The molecule has 4 rings (SSSR count). The minimum atomic E-state index is -0.398. The van der Waals surface area contributed by atoms with E-state index in [1.54, 1.807) is 13.2 Å². The molecular weight excluding hydrogens is 386 g/mol. The molecule has 148 valence electrons. The van der Waals surface area contributed by atoms with E-state index in [1.165, 1.54) is 27.5 Å². The highest BCUT2D eigenvalue weighted by atomic mass is 32.1. The molecule has 2 aromatic heterocycles. The molecule has 0 saturated heterocycles. The van der Waals surface area contributed by atoms with Gasteiger partial charge in [-0.25, -0.2) is 4.98 Å². The van der Waals surface area contributed by atoms with Gasteiger partial charge < -0.3 is 10.1 Å². The molecule has 0 bridgehead atoms. The van der Waals surface area contributed by atoms with Crippen LogP contribution in [0.1, 0.15) is 29.3 Å². The van der Waals surface area contributed by atoms with Gasteiger partial charge in [-0.15, -0.1) is 0 Å². The van der Waals surface area contributed by atoms with Crippen LogP contribution in [0.5, 0.6) is 5.75 Å². The third-order valence-electron chi connectivity index (χ3n) is 4.87. The number of nitrogens with zero attached hydrogens (tertiary/aromatic N) is 2. The van der Waals surface area contributed by atoms with Gasteiger partial charge in [-0.05, 0) is 43.5 Å². The van der Waals surface area contributed by atoms with E-state index < -0.39 is 5.91 Å². The van der Waals surface area contributed by atoms with Crippen molar-refractivity contribution in [1.29, 1.82) is 0 Å². The van der Waals surface area contributed by atoms with Crippen LogP contribution < -0.4 is 15.6 Å². The molecule has 1 N–H and O–H groups in total. The van der Waals surface area contributed by atoms with Crippen molar-refractivity contribution in [3.05, 3.63) is 76.2 Å². The summed E-state index contributed by atoms with van der Waals surface area (Å²) >= 11 is 1.39. The van der Waals surface area contributed by atoms with Crippen molar-refractivity contribution in [2.24, 2.45) is 0 Å². The number of amides is 1. The van der Waals surface area contributed by atoms with Crippen LogP contribution in [0, 0.1) is 0 Å². The fourth-order valence-electron chi connectivity index (χ4n) is 3.27. The van der Waals surface area contributed by atoms with Gasteiger partial charge in [-0.3, -0.25) is 14.0 Å². The number of benzene rings is 2. The van der Waals surface area contributed by atoms with Crippen molar-refractivity contribution in [1.82, 2.24) is 14.7 Å². The molecule has 0 spiro atoms. The molecule has 0 saturated carbocycles. The Kier molecular flexibility index (Phi) is 5.31. The van der Waals surface area contributed by atoms with E-state index >= 15 is 0 Å². The first-order valence-electron chi connectivity index (χ1n) is 9.40. The Morgan fingerprint density at radius 2 is 2.03 bits per heavy atom. The lowest BCUT2D eigenvalue weighted by Gasteiger charge is -2.13. The van der Waals surface area contributed by atoms with Gasteiger partial charge in [-0.1, -0.05) is 41.7 Å². The molecule has 7 heteroatoms. The minimum Gasteiger partial charge on any atom is -0.497 e. The molecule has 0 unspecified atom stereocenters. The van der Waals surface area contributed by atoms with Crippen molar-refractivity contribution >= 4 is 32.4 Å². The maximum absolute atomic E-state index is 13.0. The Bertz CT molecular complexity index is 1230. The zero-order valence-electron chi connectivity index (χ0n) is 16.2. The van der Waals surface area contributed by atoms with E-state index in [-0.39, 0.29) is 17.2 Å². The molecule has 29 heavy (non-hydrogen) atoms. The monoisotopic (exact) mass is 407 g/mol. The topological polar surface area (TPSA) is 72.7 Å². The second-order valence-electron chi connectivity index (χ2n) is 6.93. The van der Waals surface area contributed by atoms with Gasteiger partial charge >= 0.3 is 0 Å². The van der Waals surface area contributed by atoms with Crippen LogP contribution in [0.2, 0.25) is 0 Å². The zero-order chi connectivity index (χ0) is 20.4. The number of aryl methyl sites for hydroxylation is 1. The van der Waals surface area contributed by atoms with Gasteiger partial charge in [0.15, 0.2) is 4.96 Å². The van der Waals surface area contributed by atoms with E-state index in [0.29, 0.717) is 10.7 Å². The molecule has 1 atom stereocenters. The largest absolute Gasteiger partial charge is 0.497 e. The zero-order valence-corrected chi connectivity index (χ0v) is 17.0. The third kappa shape index (κ3) is 3.86. The molecular formula is C22H21N3O3S. The third-order valence-corrected chi connectivity index (χ3v) is 5.89. The maximum atomic E-state index is 13.0. The SMILES string of the molecule is COc1ccc2c(c1)sc1ncc(C(=O)N[C@@H](C)CCc3ccccc3)c(=O)n12. The maximum Gasteiger partial charge on any atom is 0.271 e. The van der Waals surface area contributed by atoms with Crippen LogP contribution in [-0.2, 0) is 6.42 Å².